The molecule has 0 radical (unpaired) electrons. The van der Waals surface area contributed by atoms with Gasteiger partial charge >= 0.3 is 6.36 Å². The Bertz CT molecular complexity index is 1420. The minimum atomic E-state index is -4.74. The number of hydrogen-bond acceptors (Lipinski definition) is 6. The van der Waals surface area contributed by atoms with Crippen LogP contribution in [0, 0.1) is 0 Å². The average molecular weight is 541 g/mol. The SMILES string of the molecule is CCc1cc(OC)ccc1NC(=S)N/N=C/c1ccc(-c2ncn(-c3ccc(OC(F)(F)F)cc3)n2)cc1. The van der Waals surface area contributed by atoms with E-state index in [0.717, 1.165) is 34.5 Å². The van der Waals surface area contributed by atoms with E-state index in [0.29, 0.717) is 16.6 Å². The molecule has 196 valence electrons. The standard InChI is InChI=1S/C26H23F3N6O2S/c1-3-18-14-22(36-2)12-13-23(18)32-25(38)33-31-15-17-4-6-19(7-5-17)24-30-16-35(34-24)20-8-10-21(11-9-20)37-26(27,28)29/h4-16H,3H2,1-2H3,(H2,32,33,38)/b31-15+. The fraction of sp³-hybridized carbons (Fsp3) is 0.154. The highest BCUT2D eigenvalue weighted by Crippen LogP contribution is 2.24. The van der Waals surface area contributed by atoms with Gasteiger partial charge in [-0.05, 0) is 72.2 Å². The Kier molecular flexibility index (Phi) is 8.22. The number of hydrazone groups is 1. The topological polar surface area (TPSA) is 85.6 Å². The number of benzene rings is 3. The van der Waals surface area contributed by atoms with Crippen LogP contribution in [0.3, 0.4) is 0 Å². The second-order valence-corrected chi connectivity index (χ2v) is 8.29. The van der Waals surface area contributed by atoms with Gasteiger partial charge in [0.15, 0.2) is 10.9 Å². The number of aryl methyl sites for hydroxylation is 1. The number of ether oxygens (including phenoxy) is 2. The summed E-state index contributed by atoms with van der Waals surface area (Å²) in [6.07, 6.45) is -0.820. The fourth-order valence-corrected chi connectivity index (χ4v) is 3.63. The minimum Gasteiger partial charge on any atom is -0.497 e. The summed E-state index contributed by atoms with van der Waals surface area (Å²) in [5.74, 6) is 0.929. The lowest BCUT2D eigenvalue weighted by Crippen LogP contribution is -2.24. The lowest BCUT2D eigenvalue weighted by atomic mass is 10.1. The van der Waals surface area contributed by atoms with Crippen LogP contribution in [-0.2, 0) is 6.42 Å². The van der Waals surface area contributed by atoms with Crippen LogP contribution in [0.15, 0.2) is 78.2 Å². The molecule has 12 heteroatoms. The molecule has 1 heterocycles. The maximum Gasteiger partial charge on any atom is 0.573 e. The van der Waals surface area contributed by atoms with Crippen molar-refractivity contribution in [2.24, 2.45) is 5.10 Å². The van der Waals surface area contributed by atoms with Gasteiger partial charge in [-0.1, -0.05) is 31.2 Å². The van der Waals surface area contributed by atoms with Crippen LogP contribution < -0.4 is 20.2 Å². The van der Waals surface area contributed by atoms with Crippen molar-refractivity contribution in [3.05, 3.63) is 84.2 Å². The van der Waals surface area contributed by atoms with Gasteiger partial charge in [0.05, 0.1) is 19.0 Å². The van der Waals surface area contributed by atoms with Gasteiger partial charge in [-0.2, -0.15) is 5.10 Å². The summed E-state index contributed by atoms with van der Waals surface area (Å²) in [4.78, 5) is 4.29. The summed E-state index contributed by atoms with van der Waals surface area (Å²) in [5, 5.41) is 12.1. The quantitative estimate of drug-likeness (QED) is 0.168. The van der Waals surface area contributed by atoms with Crippen LogP contribution >= 0.6 is 12.2 Å². The summed E-state index contributed by atoms with van der Waals surface area (Å²) < 4.78 is 47.6. The van der Waals surface area contributed by atoms with E-state index < -0.39 is 6.36 Å². The zero-order valence-electron chi connectivity index (χ0n) is 20.4. The Morgan fingerprint density at radius 2 is 1.76 bits per heavy atom. The van der Waals surface area contributed by atoms with Gasteiger partial charge in [0.1, 0.15) is 17.8 Å². The number of nitrogens with one attached hydrogen (secondary N) is 2. The number of anilines is 1. The van der Waals surface area contributed by atoms with Crippen LogP contribution in [0.25, 0.3) is 17.1 Å². The molecule has 38 heavy (non-hydrogen) atoms. The first kappa shape index (κ1) is 26.6. The van der Waals surface area contributed by atoms with Crippen molar-refractivity contribution >= 4 is 29.2 Å². The van der Waals surface area contributed by atoms with E-state index >= 15 is 0 Å². The molecule has 0 aliphatic heterocycles. The normalized spacial score (nSPS) is 11.4. The number of nitrogens with zero attached hydrogens (tertiary/aromatic N) is 4. The second kappa shape index (κ2) is 11.7. The molecule has 0 atom stereocenters. The van der Waals surface area contributed by atoms with Crippen molar-refractivity contribution in [1.29, 1.82) is 0 Å². The van der Waals surface area contributed by atoms with Crippen molar-refractivity contribution in [3.63, 3.8) is 0 Å². The van der Waals surface area contributed by atoms with Crippen LogP contribution in [0.5, 0.6) is 11.5 Å². The first-order valence-corrected chi connectivity index (χ1v) is 11.8. The highest BCUT2D eigenvalue weighted by molar-refractivity contribution is 7.80. The van der Waals surface area contributed by atoms with Gasteiger partial charge < -0.3 is 14.8 Å². The fourth-order valence-electron chi connectivity index (χ4n) is 3.47. The molecule has 4 aromatic rings. The Balaban J connectivity index is 1.34. The molecule has 3 aromatic carbocycles. The summed E-state index contributed by atoms with van der Waals surface area (Å²) in [7, 11) is 1.63. The largest absolute Gasteiger partial charge is 0.573 e. The highest BCUT2D eigenvalue weighted by atomic mass is 32.1. The van der Waals surface area contributed by atoms with Gasteiger partial charge in [0.2, 0.25) is 0 Å². The predicted octanol–water partition coefficient (Wildman–Crippen LogP) is 5.72. The molecule has 0 unspecified atom stereocenters. The molecule has 0 amide bonds. The molecule has 0 saturated carbocycles. The Hall–Kier alpha value is -4.45. The van der Waals surface area contributed by atoms with Crippen LogP contribution in [-0.4, -0.2) is 39.6 Å². The van der Waals surface area contributed by atoms with E-state index in [2.05, 4.69) is 30.7 Å². The van der Waals surface area contributed by atoms with Crippen LogP contribution in [0.2, 0.25) is 0 Å². The number of thiocarbonyl (C=S) groups is 1. The molecule has 0 bridgehead atoms. The molecule has 8 nitrogen and oxygen atoms in total. The summed E-state index contributed by atoms with van der Waals surface area (Å²) in [6, 6.07) is 18.4. The third kappa shape index (κ3) is 7.07. The molecule has 4 rings (SSSR count). The maximum atomic E-state index is 12.3. The van der Waals surface area contributed by atoms with Gasteiger partial charge in [-0.25, -0.2) is 9.67 Å². The van der Waals surface area contributed by atoms with E-state index in [1.807, 2.05) is 49.4 Å². The zero-order valence-corrected chi connectivity index (χ0v) is 21.2. The summed E-state index contributed by atoms with van der Waals surface area (Å²) >= 11 is 5.33. The monoisotopic (exact) mass is 540 g/mol. The van der Waals surface area contributed by atoms with Crippen LogP contribution in [0.1, 0.15) is 18.1 Å². The van der Waals surface area contributed by atoms with Gasteiger partial charge in [-0.3, -0.25) is 5.43 Å². The Morgan fingerprint density at radius 1 is 1.05 bits per heavy atom. The van der Waals surface area contributed by atoms with Crippen molar-refractivity contribution in [1.82, 2.24) is 20.2 Å². The van der Waals surface area contributed by atoms with Crippen LogP contribution in [0.4, 0.5) is 18.9 Å². The first-order chi connectivity index (χ1) is 18.2. The number of hydrogen-bond donors (Lipinski definition) is 2. The number of halogens is 3. The number of alkyl halides is 3. The molecule has 0 aliphatic carbocycles. The lowest BCUT2D eigenvalue weighted by Gasteiger charge is -2.12. The number of rotatable bonds is 8. The minimum absolute atomic E-state index is 0.309. The van der Waals surface area contributed by atoms with Gasteiger partial charge in [0.25, 0.3) is 0 Å². The maximum absolute atomic E-state index is 12.3. The van der Waals surface area contributed by atoms with Crippen molar-refractivity contribution < 1.29 is 22.6 Å². The zero-order chi connectivity index (χ0) is 27.1. The number of methoxy groups -OCH3 is 1. The summed E-state index contributed by atoms with van der Waals surface area (Å²) in [5.41, 5.74) is 6.87. The first-order valence-electron chi connectivity index (χ1n) is 11.4. The van der Waals surface area contributed by atoms with Crippen molar-refractivity contribution in [2.45, 2.75) is 19.7 Å². The average Bonchev–Trinajstić information content (AvgIpc) is 3.39. The molecule has 0 aliphatic rings. The molecule has 0 saturated heterocycles. The lowest BCUT2D eigenvalue weighted by molar-refractivity contribution is -0.274. The smallest absolute Gasteiger partial charge is 0.497 e. The molecule has 1 aromatic heterocycles. The predicted molar refractivity (Wildman–Crippen MR) is 143 cm³/mol. The Labute approximate surface area is 222 Å². The summed E-state index contributed by atoms with van der Waals surface area (Å²) in [6.45, 7) is 2.05. The molecule has 0 spiro atoms. The van der Waals surface area contributed by atoms with E-state index in [-0.39, 0.29) is 5.75 Å². The molecule has 0 fully saturated rings. The van der Waals surface area contributed by atoms with Gasteiger partial charge in [-0.15, -0.1) is 18.3 Å². The van der Waals surface area contributed by atoms with Crippen molar-refractivity contribution in [2.75, 3.05) is 12.4 Å². The Morgan fingerprint density at radius 3 is 2.42 bits per heavy atom. The van der Waals surface area contributed by atoms with E-state index in [4.69, 9.17) is 17.0 Å². The third-order valence-electron chi connectivity index (χ3n) is 5.32. The molecular formula is C26H23F3N6O2S. The third-order valence-corrected chi connectivity index (χ3v) is 5.51. The van der Waals surface area contributed by atoms with Gasteiger partial charge in [0, 0.05) is 11.3 Å². The molecule has 2 N–H and O–H groups in total. The van der Waals surface area contributed by atoms with E-state index in [1.54, 1.807) is 13.3 Å². The number of aromatic nitrogens is 3. The highest BCUT2D eigenvalue weighted by Gasteiger charge is 2.31. The van der Waals surface area contributed by atoms with E-state index in [1.165, 1.54) is 35.3 Å². The second-order valence-electron chi connectivity index (χ2n) is 7.88. The van der Waals surface area contributed by atoms with E-state index in [9.17, 15) is 13.2 Å². The molecular weight excluding hydrogens is 517 g/mol. The van der Waals surface area contributed by atoms with Crippen molar-refractivity contribution in [3.8, 4) is 28.6 Å².